The lowest BCUT2D eigenvalue weighted by Gasteiger charge is -2.35. The summed E-state index contributed by atoms with van der Waals surface area (Å²) in [5, 5.41) is 9.53. The van der Waals surface area contributed by atoms with Gasteiger partial charge in [-0.2, -0.15) is 0 Å². The van der Waals surface area contributed by atoms with E-state index in [0.29, 0.717) is 25.0 Å². The van der Waals surface area contributed by atoms with Crippen molar-refractivity contribution in [1.29, 1.82) is 0 Å². The molecule has 1 N–H and O–H groups in total. The Morgan fingerprint density at radius 1 is 1.50 bits per heavy atom. The summed E-state index contributed by atoms with van der Waals surface area (Å²) in [4.78, 5) is 25.6. The average molecular weight is 279 g/mol. The van der Waals surface area contributed by atoms with Gasteiger partial charge in [-0.15, -0.1) is 0 Å². The Bertz CT molecular complexity index is 506. The third-order valence-electron chi connectivity index (χ3n) is 3.92. The number of carbonyl (C=O) groups excluding carboxylic acids is 1. The molecular weight excluding hydrogens is 258 g/mol. The largest absolute Gasteiger partial charge is 0.481 e. The first-order valence-corrected chi connectivity index (χ1v) is 7.01. The Kier molecular flexibility index (Phi) is 4.16. The highest BCUT2D eigenvalue weighted by Crippen LogP contribution is 2.38. The summed E-state index contributed by atoms with van der Waals surface area (Å²) in [7, 11) is 0. The van der Waals surface area contributed by atoms with Crippen molar-refractivity contribution in [3.05, 3.63) is 23.7 Å². The highest BCUT2D eigenvalue weighted by Gasteiger charge is 2.41. The molecule has 5 nitrogen and oxygen atoms in total. The molecule has 1 aliphatic heterocycles. The lowest BCUT2D eigenvalue weighted by atomic mass is 9.91. The van der Waals surface area contributed by atoms with Crippen LogP contribution in [0.15, 0.2) is 16.7 Å². The maximum Gasteiger partial charge on any atom is 0.309 e. The summed E-state index contributed by atoms with van der Waals surface area (Å²) in [5.41, 5.74) is 0.890. The van der Waals surface area contributed by atoms with Gasteiger partial charge in [0.2, 0.25) is 5.91 Å². The first-order chi connectivity index (χ1) is 9.43. The second-order valence-corrected chi connectivity index (χ2v) is 5.64. The molecule has 1 fully saturated rings. The lowest BCUT2D eigenvalue weighted by Crippen LogP contribution is -2.43. The molecular formula is C15H21NO4. The minimum Gasteiger partial charge on any atom is -0.481 e. The first kappa shape index (κ1) is 14.6. The standard InChI is InChI=1S/C15H21NO4/c1-9(2)16-12(17)6-4-5-11(15(18)19)13(16)14-10(3)7-8-20-14/h7-9,11,13H,4-6H2,1-3H3,(H,18,19). The van der Waals surface area contributed by atoms with Gasteiger partial charge in [0, 0.05) is 12.5 Å². The maximum absolute atomic E-state index is 12.3. The van der Waals surface area contributed by atoms with E-state index in [1.54, 1.807) is 11.2 Å². The molecule has 1 aromatic heterocycles. The van der Waals surface area contributed by atoms with Gasteiger partial charge in [0.1, 0.15) is 11.8 Å². The van der Waals surface area contributed by atoms with E-state index in [-0.39, 0.29) is 11.9 Å². The van der Waals surface area contributed by atoms with Gasteiger partial charge < -0.3 is 14.4 Å². The van der Waals surface area contributed by atoms with Crippen molar-refractivity contribution >= 4 is 11.9 Å². The molecule has 2 heterocycles. The number of furan rings is 1. The molecule has 5 heteroatoms. The number of carboxylic acid groups (broad SMARTS) is 1. The molecule has 0 spiro atoms. The van der Waals surface area contributed by atoms with Crippen molar-refractivity contribution in [3.8, 4) is 0 Å². The number of hydrogen-bond acceptors (Lipinski definition) is 3. The quantitative estimate of drug-likeness (QED) is 0.923. The van der Waals surface area contributed by atoms with Crippen LogP contribution in [0.5, 0.6) is 0 Å². The van der Waals surface area contributed by atoms with Crippen molar-refractivity contribution < 1.29 is 19.1 Å². The number of rotatable bonds is 3. The summed E-state index contributed by atoms with van der Waals surface area (Å²) in [6.45, 7) is 5.70. The molecule has 2 unspecified atom stereocenters. The van der Waals surface area contributed by atoms with Gasteiger partial charge in [-0.25, -0.2) is 0 Å². The van der Waals surface area contributed by atoms with Gasteiger partial charge in [-0.05, 0) is 45.2 Å². The Morgan fingerprint density at radius 3 is 2.70 bits per heavy atom. The topological polar surface area (TPSA) is 70.7 Å². The zero-order valence-corrected chi connectivity index (χ0v) is 12.1. The highest BCUT2D eigenvalue weighted by atomic mass is 16.4. The number of nitrogens with zero attached hydrogens (tertiary/aromatic N) is 1. The summed E-state index contributed by atoms with van der Waals surface area (Å²) < 4.78 is 5.51. The summed E-state index contributed by atoms with van der Waals surface area (Å²) in [6, 6.07) is 1.23. The van der Waals surface area contributed by atoms with Gasteiger partial charge in [0.25, 0.3) is 0 Å². The van der Waals surface area contributed by atoms with E-state index >= 15 is 0 Å². The van der Waals surface area contributed by atoms with Crippen molar-refractivity contribution in [1.82, 2.24) is 4.90 Å². The van der Waals surface area contributed by atoms with Crippen LogP contribution in [0, 0.1) is 12.8 Å². The van der Waals surface area contributed by atoms with Crippen LogP contribution in [0.25, 0.3) is 0 Å². The Hall–Kier alpha value is -1.78. The molecule has 1 aromatic rings. The second kappa shape index (κ2) is 5.69. The van der Waals surface area contributed by atoms with Crippen LogP contribution in [-0.4, -0.2) is 27.9 Å². The molecule has 0 saturated carbocycles. The molecule has 1 saturated heterocycles. The SMILES string of the molecule is Cc1ccoc1C1C(C(=O)O)CCCC(=O)N1C(C)C. The normalized spacial score (nSPS) is 24.0. The van der Waals surface area contributed by atoms with Gasteiger partial charge in [0.05, 0.1) is 12.2 Å². The number of amides is 1. The number of aliphatic carboxylic acids is 1. The van der Waals surface area contributed by atoms with Gasteiger partial charge in [0.15, 0.2) is 0 Å². The van der Waals surface area contributed by atoms with Crippen LogP contribution < -0.4 is 0 Å². The number of aryl methyl sites for hydroxylation is 1. The molecule has 0 aliphatic carbocycles. The number of carboxylic acids is 1. The highest BCUT2D eigenvalue weighted by molar-refractivity contribution is 5.80. The summed E-state index contributed by atoms with van der Waals surface area (Å²) in [5.74, 6) is -0.884. The molecule has 110 valence electrons. The zero-order valence-electron chi connectivity index (χ0n) is 12.1. The minimum atomic E-state index is -0.869. The van der Waals surface area contributed by atoms with E-state index < -0.39 is 17.9 Å². The van der Waals surface area contributed by atoms with E-state index in [4.69, 9.17) is 4.42 Å². The minimum absolute atomic E-state index is 0.00421. The maximum atomic E-state index is 12.3. The van der Waals surface area contributed by atoms with E-state index in [2.05, 4.69) is 0 Å². The molecule has 2 atom stereocenters. The fourth-order valence-electron chi connectivity index (χ4n) is 2.97. The van der Waals surface area contributed by atoms with Crippen LogP contribution >= 0.6 is 0 Å². The monoisotopic (exact) mass is 279 g/mol. The van der Waals surface area contributed by atoms with Gasteiger partial charge in [-0.3, -0.25) is 9.59 Å². The molecule has 20 heavy (non-hydrogen) atoms. The average Bonchev–Trinajstić information content (AvgIpc) is 2.68. The smallest absolute Gasteiger partial charge is 0.309 e. The van der Waals surface area contributed by atoms with E-state index in [9.17, 15) is 14.7 Å². The lowest BCUT2D eigenvalue weighted by molar-refractivity contribution is -0.147. The van der Waals surface area contributed by atoms with Crippen LogP contribution in [0.3, 0.4) is 0 Å². The predicted molar refractivity (Wildman–Crippen MR) is 73.1 cm³/mol. The third-order valence-corrected chi connectivity index (χ3v) is 3.92. The second-order valence-electron chi connectivity index (χ2n) is 5.64. The summed E-state index contributed by atoms with van der Waals surface area (Å²) >= 11 is 0. The van der Waals surface area contributed by atoms with Gasteiger partial charge in [-0.1, -0.05) is 0 Å². The third kappa shape index (κ3) is 2.57. The first-order valence-electron chi connectivity index (χ1n) is 7.01. The van der Waals surface area contributed by atoms with Crippen LogP contribution in [-0.2, 0) is 9.59 Å². The van der Waals surface area contributed by atoms with Gasteiger partial charge >= 0.3 is 5.97 Å². The number of hydrogen-bond donors (Lipinski definition) is 1. The van der Waals surface area contributed by atoms with Crippen LogP contribution in [0.2, 0.25) is 0 Å². The number of carbonyl (C=O) groups is 2. The molecule has 0 aromatic carbocycles. The molecule has 0 bridgehead atoms. The van der Waals surface area contributed by atoms with E-state index in [1.165, 1.54) is 0 Å². The van der Waals surface area contributed by atoms with Crippen LogP contribution in [0.4, 0.5) is 0 Å². The van der Waals surface area contributed by atoms with Crippen molar-refractivity contribution in [2.45, 2.75) is 52.1 Å². The van der Waals surface area contributed by atoms with Crippen molar-refractivity contribution in [3.63, 3.8) is 0 Å². The Balaban J connectivity index is 2.52. The Morgan fingerprint density at radius 2 is 2.20 bits per heavy atom. The molecule has 2 rings (SSSR count). The van der Waals surface area contributed by atoms with Crippen molar-refractivity contribution in [2.24, 2.45) is 5.92 Å². The molecule has 1 amide bonds. The Labute approximate surface area is 118 Å². The van der Waals surface area contributed by atoms with E-state index in [1.807, 2.05) is 26.8 Å². The molecule has 1 aliphatic rings. The predicted octanol–water partition coefficient (Wildman–Crippen LogP) is 2.75. The molecule has 0 radical (unpaired) electrons. The van der Waals surface area contributed by atoms with Crippen molar-refractivity contribution in [2.75, 3.05) is 0 Å². The van der Waals surface area contributed by atoms with E-state index in [0.717, 1.165) is 5.56 Å². The van der Waals surface area contributed by atoms with Crippen LogP contribution in [0.1, 0.15) is 50.5 Å². The number of likely N-dealkylation sites (tertiary alicyclic amines) is 1. The fourth-order valence-corrected chi connectivity index (χ4v) is 2.97. The summed E-state index contributed by atoms with van der Waals surface area (Å²) in [6.07, 6.45) is 3.06. The zero-order chi connectivity index (χ0) is 14.9. The fraction of sp³-hybridized carbons (Fsp3) is 0.600.